The smallest absolute Gasteiger partial charge is 0.124 e. The van der Waals surface area contributed by atoms with E-state index in [1.165, 1.54) is 5.56 Å². The van der Waals surface area contributed by atoms with Gasteiger partial charge in [-0.25, -0.2) is 4.68 Å². The Labute approximate surface area is 136 Å². The summed E-state index contributed by atoms with van der Waals surface area (Å²) in [6.45, 7) is 6.32. The van der Waals surface area contributed by atoms with Crippen LogP contribution in [0.4, 0.5) is 0 Å². The SMILES string of the molecule is CC(C)n1cc([C@]2(O)CCN(Cc3ccc(CO)cc3)C2)nn1. The third kappa shape index (κ3) is 3.44. The first-order valence-electron chi connectivity index (χ1n) is 8.06. The summed E-state index contributed by atoms with van der Waals surface area (Å²) in [5, 5.41) is 28.2. The van der Waals surface area contributed by atoms with Crippen molar-refractivity contribution in [1.29, 1.82) is 0 Å². The van der Waals surface area contributed by atoms with Crippen LogP contribution in [0.2, 0.25) is 0 Å². The molecule has 1 aromatic carbocycles. The summed E-state index contributed by atoms with van der Waals surface area (Å²) in [5.41, 5.74) is 1.83. The van der Waals surface area contributed by atoms with E-state index in [9.17, 15) is 5.11 Å². The van der Waals surface area contributed by atoms with Gasteiger partial charge in [0.05, 0.1) is 12.8 Å². The molecule has 0 spiro atoms. The molecule has 124 valence electrons. The van der Waals surface area contributed by atoms with E-state index in [0.717, 1.165) is 18.7 Å². The molecule has 1 aliphatic rings. The molecule has 23 heavy (non-hydrogen) atoms. The monoisotopic (exact) mass is 316 g/mol. The first kappa shape index (κ1) is 16.1. The lowest BCUT2D eigenvalue weighted by Crippen LogP contribution is -2.31. The number of aliphatic hydroxyl groups is 2. The molecule has 1 atom stereocenters. The number of aromatic nitrogens is 3. The van der Waals surface area contributed by atoms with E-state index in [2.05, 4.69) is 15.2 Å². The molecule has 0 radical (unpaired) electrons. The van der Waals surface area contributed by atoms with E-state index in [4.69, 9.17) is 5.11 Å². The molecule has 1 aliphatic heterocycles. The molecule has 0 amide bonds. The largest absolute Gasteiger partial charge is 0.392 e. The Bertz CT molecular complexity index is 653. The van der Waals surface area contributed by atoms with Crippen molar-refractivity contribution in [2.24, 2.45) is 0 Å². The fourth-order valence-electron chi connectivity index (χ4n) is 2.97. The molecule has 1 fully saturated rings. The Morgan fingerprint density at radius 1 is 1.22 bits per heavy atom. The summed E-state index contributed by atoms with van der Waals surface area (Å²) in [6.07, 6.45) is 2.52. The number of β-amino-alcohol motifs (C(OH)–C–C–N with tert-alkyl or cyclic N) is 1. The van der Waals surface area contributed by atoms with E-state index in [0.29, 0.717) is 18.7 Å². The summed E-state index contributed by atoms with van der Waals surface area (Å²) < 4.78 is 1.78. The number of aliphatic hydroxyl groups excluding tert-OH is 1. The lowest BCUT2D eigenvalue weighted by molar-refractivity contribution is 0.0408. The van der Waals surface area contributed by atoms with E-state index in [-0.39, 0.29) is 12.6 Å². The van der Waals surface area contributed by atoms with Gasteiger partial charge in [-0.05, 0) is 31.4 Å². The zero-order valence-electron chi connectivity index (χ0n) is 13.7. The highest BCUT2D eigenvalue weighted by atomic mass is 16.3. The van der Waals surface area contributed by atoms with Gasteiger partial charge < -0.3 is 10.2 Å². The molecule has 0 saturated carbocycles. The Morgan fingerprint density at radius 3 is 2.52 bits per heavy atom. The quantitative estimate of drug-likeness (QED) is 0.873. The van der Waals surface area contributed by atoms with Gasteiger partial charge in [-0.3, -0.25) is 4.90 Å². The molecule has 0 unspecified atom stereocenters. The van der Waals surface area contributed by atoms with Crippen LogP contribution < -0.4 is 0 Å². The fourth-order valence-corrected chi connectivity index (χ4v) is 2.97. The van der Waals surface area contributed by atoms with Crippen LogP contribution in [0.1, 0.15) is 43.1 Å². The zero-order chi connectivity index (χ0) is 16.4. The Balaban J connectivity index is 1.66. The molecule has 1 aromatic heterocycles. The topological polar surface area (TPSA) is 74.4 Å². The maximum Gasteiger partial charge on any atom is 0.124 e. The third-order valence-electron chi connectivity index (χ3n) is 4.45. The molecule has 0 aliphatic carbocycles. The van der Waals surface area contributed by atoms with Crippen molar-refractivity contribution < 1.29 is 10.2 Å². The summed E-state index contributed by atoms with van der Waals surface area (Å²) >= 11 is 0. The second-order valence-corrected chi connectivity index (χ2v) is 6.64. The van der Waals surface area contributed by atoms with Crippen LogP contribution in [0.3, 0.4) is 0 Å². The summed E-state index contributed by atoms with van der Waals surface area (Å²) in [6, 6.07) is 8.16. The van der Waals surface area contributed by atoms with Gasteiger partial charge in [0, 0.05) is 25.7 Å². The molecular weight excluding hydrogens is 292 g/mol. The van der Waals surface area contributed by atoms with Crippen molar-refractivity contribution in [2.75, 3.05) is 13.1 Å². The van der Waals surface area contributed by atoms with E-state index in [1.54, 1.807) is 4.68 Å². The van der Waals surface area contributed by atoms with Crippen molar-refractivity contribution in [2.45, 2.75) is 45.1 Å². The molecule has 2 N–H and O–H groups in total. The highest BCUT2D eigenvalue weighted by Crippen LogP contribution is 2.31. The van der Waals surface area contributed by atoms with E-state index < -0.39 is 5.60 Å². The van der Waals surface area contributed by atoms with Gasteiger partial charge in [-0.1, -0.05) is 29.5 Å². The predicted molar refractivity (Wildman–Crippen MR) is 86.6 cm³/mol. The standard InChI is InChI=1S/C17H24N4O2/c1-13(2)21-10-16(18-19-21)17(23)7-8-20(12-17)9-14-3-5-15(11-22)6-4-14/h3-6,10,13,22-23H,7-9,11-12H2,1-2H3/t17-/m0/s1. The van der Waals surface area contributed by atoms with Gasteiger partial charge in [0.15, 0.2) is 0 Å². The van der Waals surface area contributed by atoms with Gasteiger partial charge in [0.2, 0.25) is 0 Å². The molecule has 6 heteroatoms. The highest BCUT2D eigenvalue weighted by molar-refractivity contribution is 5.22. The molecule has 2 heterocycles. The van der Waals surface area contributed by atoms with Gasteiger partial charge in [0.1, 0.15) is 11.3 Å². The molecule has 6 nitrogen and oxygen atoms in total. The number of rotatable bonds is 5. The Kier molecular flexibility index (Phi) is 4.48. The van der Waals surface area contributed by atoms with Crippen LogP contribution >= 0.6 is 0 Å². The summed E-state index contributed by atoms with van der Waals surface area (Å²) in [4.78, 5) is 2.22. The third-order valence-corrected chi connectivity index (χ3v) is 4.45. The minimum atomic E-state index is -0.918. The van der Waals surface area contributed by atoms with Crippen molar-refractivity contribution in [3.05, 3.63) is 47.3 Å². The van der Waals surface area contributed by atoms with Crippen LogP contribution in [-0.4, -0.2) is 43.2 Å². The first-order chi connectivity index (χ1) is 11.0. The van der Waals surface area contributed by atoms with Crippen LogP contribution in [0, 0.1) is 0 Å². The second kappa shape index (κ2) is 6.39. The zero-order valence-corrected chi connectivity index (χ0v) is 13.7. The molecule has 1 saturated heterocycles. The van der Waals surface area contributed by atoms with Crippen LogP contribution in [0.15, 0.2) is 30.5 Å². The van der Waals surface area contributed by atoms with Gasteiger partial charge in [-0.15, -0.1) is 5.10 Å². The van der Waals surface area contributed by atoms with Crippen molar-refractivity contribution in [3.8, 4) is 0 Å². The van der Waals surface area contributed by atoms with E-state index in [1.807, 2.05) is 44.3 Å². The minimum Gasteiger partial charge on any atom is -0.392 e. The fraction of sp³-hybridized carbons (Fsp3) is 0.529. The number of likely N-dealkylation sites (tertiary alicyclic amines) is 1. The number of hydrogen-bond donors (Lipinski definition) is 2. The average molecular weight is 316 g/mol. The maximum absolute atomic E-state index is 10.9. The summed E-state index contributed by atoms with van der Waals surface area (Å²) in [5.74, 6) is 0. The van der Waals surface area contributed by atoms with Gasteiger partial charge in [0.25, 0.3) is 0 Å². The molecule has 0 bridgehead atoms. The van der Waals surface area contributed by atoms with E-state index >= 15 is 0 Å². The minimum absolute atomic E-state index is 0.0647. The van der Waals surface area contributed by atoms with Crippen molar-refractivity contribution in [3.63, 3.8) is 0 Å². The normalized spacial score (nSPS) is 22.1. The first-order valence-corrected chi connectivity index (χ1v) is 8.06. The molecule has 2 aromatic rings. The predicted octanol–water partition coefficient (Wildman–Crippen LogP) is 1.44. The van der Waals surface area contributed by atoms with Gasteiger partial charge >= 0.3 is 0 Å². The summed E-state index contributed by atoms with van der Waals surface area (Å²) in [7, 11) is 0. The average Bonchev–Trinajstić information content (AvgIpc) is 3.16. The number of nitrogens with zero attached hydrogens (tertiary/aromatic N) is 4. The number of hydrogen-bond acceptors (Lipinski definition) is 5. The second-order valence-electron chi connectivity index (χ2n) is 6.64. The molecule has 3 rings (SSSR count). The van der Waals surface area contributed by atoms with Crippen molar-refractivity contribution >= 4 is 0 Å². The van der Waals surface area contributed by atoms with Crippen LogP contribution in [0.5, 0.6) is 0 Å². The Morgan fingerprint density at radius 2 is 1.91 bits per heavy atom. The lowest BCUT2D eigenvalue weighted by atomic mass is 10.00. The Hall–Kier alpha value is -1.76. The van der Waals surface area contributed by atoms with Crippen LogP contribution in [-0.2, 0) is 18.8 Å². The van der Waals surface area contributed by atoms with Crippen LogP contribution in [0.25, 0.3) is 0 Å². The van der Waals surface area contributed by atoms with Crippen molar-refractivity contribution in [1.82, 2.24) is 19.9 Å². The highest BCUT2D eigenvalue weighted by Gasteiger charge is 2.40. The van der Waals surface area contributed by atoms with Gasteiger partial charge in [-0.2, -0.15) is 0 Å². The lowest BCUT2D eigenvalue weighted by Gasteiger charge is -2.21. The maximum atomic E-state index is 10.9. The number of benzene rings is 1. The molecular formula is C17H24N4O2.